The molecule has 19 atom stereocenters. The van der Waals surface area contributed by atoms with Crippen LogP contribution < -0.4 is 5.32 Å². The highest BCUT2D eigenvalue weighted by Crippen LogP contribution is 2.40. The first-order valence-corrected chi connectivity index (χ1v) is 24.4. The Labute approximate surface area is 421 Å². The van der Waals surface area contributed by atoms with E-state index in [2.05, 4.69) is 11.9 Å². The first-order chi connectivity index (χ1) is 34.1. The molecular formula is C52H79NO19. The van der Waals surface area contributed by atoms with Crippen molar-refractivity contribution in [3.8, 4) is 0 Å². The number of esters is 1. The number of aliphatic hydroxyl groups excluding tert-OH is 9. The number of ether oxygens (including phenoxy) is 6. The minimum absolute atomic E-state index is 0.102. The molecule has 3 rings (SSSR count). The molecule has 406 valence electrons. The van der Waals surface area contributed by atoms with Crippen molar-refractivity contribution in [1.29, 1.82) is 0 Å². The Hall–Kier alpha value is -4.39. The molecule has 0 aromatic carbocycles. The van der Waals surface area contributed by atoms with Gasteiger partial charge in [0.1, 0.15) is 30.8 Å². The zero-order chi connectivity index (χ0) is 53.5. The zero-order valence-electron chi connectivity index (χ0n) is 41.8. The average molecular weight is 1020 g/mol. The SMILES string of the molecule is C=CCOC(=O)NC1C(O)C(C)OC(OC2/C=C/C=C/C=C/C=C/C=C/C=C/C=C/C(C)C(O)C(C)C(C)OC(=O)CC(O)CC(O)CCC(O)C(O)CC(O)CC3(OC)CC(O)C(C(=O)O)C(C2)O3)C1O. The summed E-state index contributed by atoms with van der Waals surface area (Å²) < 4.78 is 34.6. The van der Waals surface area contributed by atoms with Gasteiger partial charge in [-0.15, -0.1) is 0 Å². The van der Waals surface area contributed by atoms with Gasteiger partial charge in [-0.05, 0) is 33.1 Å². The molecular weight excluding hydrogens is 943 g/mol. The zero-order valence-corrected chi connectivity index (χ0v) is 41.8. The molecule has 3 aliphatic heterocycles. The summed E-state index contributed by atoms with van der Waals surface area (Å²) in [6, 6.07) is -1.34. The van der Waals surface area contributed by atoms with Gasteiger partial charge in [0, 0.05) is 44.6 Å². The number of aliphatic carboxylic acids is 1. The minimum Gasteiger partial charge on any atom is -0.481 e. The predicted octanol–water partition coefficient (Wildman–Crippen LogP) is 2.32. The van der Waals surface area contributed by atoms with Crippen molar-refractivity contribution in [2.75, 3.05) is 13.7 Å². The molecule has 2 saturated heterocycles. The number of cyclic esters (lactones) is 1. The Kier molecular flexibility index (Phi) is 27.0. The Bertz CT molecular complexity index is 1880. The number of carboxylic acid groups (broad SMARTS) is 1. The maximum absolute atomic E-state index is 12.7. The van der Waals surface area contributed by atoms with Crippen molar-refractivity contribution in [3.63, 3.8) is 0 Å². The van der Waals surface area contributed by atoms with Gasteiger partial charge in [0.25, 0.3) is 0 Å². The molecule has 20 nitrogen and oxygen atoms in total. The van der Waals surface area contributed by atoms with Crippen LogP contribution in [0.3, 0.4) is 0 Å². The summed E-state index contributed by atoms with van der Waals surface area (Å²) in [5, 5.41) is 111. The van der Waals surface area contributed by atoms with Crippen LogP contribution in [0, 0.1) is 17.8 Å². The van der Waals surface area contributed by atoms with Crippen molar-refractivity contribution < 1.29 is 93.9 Å². The topological polar surface area (TPSA) is 321 Å². The van der Waals surface area contributed by atoms with Gasteiger partial charge in [-0.2, -0.15) is 0 Å². The quantitative estimate of drug-likeness (QED) is 0.129. The molecule has 0 saturated carbocycles. The van der Waals surface area contributed by atoms with Crippen LogP contribution in [-0.4, -0.2) is 180 Å². The van der Waals surface area contributed by atoms with Crippen LogP contribution in [0.2, 0.25) is 0 Å². The molecule has 2 fully saturated rings. The van der Waals surface area contributed by atoms with Crippen LogP contribution in [-0.2, 0) is 38.0 Å². The second-order valence-corrected chi connectivity index (χ2v) is 18.7. The third kappa shape index (κ3) is 20.5. The lowest BCUT2D eigenvalue weighted by Crippen LogP contribution is -2.64. The molecule has 3 aliphatic rings. The monoisotopic (exact) mass is 1020 g/mol. The van der Waals surface area contributed by atoms with Crippen LogP contribution in [0.4, 0.5) is 4.79 Å². The van der Waals surface area contributed by atoms with E-state index < -0.39 is 153 Å². The number of hydrogen-bond acceptors (Lipinski definition) is 18. The van der Waals surface area contributed by atoms with Crippen molar-refractivity contribution in [2.45, 2.75) is 177 Å². The molecule has 11 N–H and O–H groups in total. The molecule has 20 heteroatoms. The number of fused-ring (bicyclic) bond motifs is 2. The summed E-state index contributed by atoms with van der Waals surface area (Å²) in [4.78, 5) is 37.9. The van der Waals surface area contributed by atoms with Crippen molar-refractivity contribution in [1.82, 2.24) is 5.32 Å². The minimum atomic E-state index is -1.84. The molecule has 3 heterocycles. The number of methoxy groups -OCH3 is 1. The molecule has 2 bridgehead atoms. The van der Waals surface area contributed by atoms with Crippen LogP contribution in [0.1, 0.15) is 79.1 Å². The summed E-state index contributed by atoms with van der Waals surface area (Å²) in [6.45, 7) is 10.0. The summed E-state index contributed by atoms with van der Waals surface area (Å²) in [7, 11) is 1.22. The summed E-state index contributed by atoms with van der Waals surface area (Å²) in [5.41, 5.74) is 0. The summed E-state index contributed by atoms with van der Waals surface area (Å²) in [5.74, 6) is -6.32. The molecule has 0 aromatic heterocycles. The van der Waals surface area contributed by atoms with Crippen LogP contribution in [0.25, 0.3) is 0 Å². The van der Waals surface area contributed by atoms with Gasteiger partial charge in [-0.25, -0.2) is 4.79 Å². The van der Waals surface area contributed by atoms with E-state index in [9.17, 15) is 65.4 Å². The summed E-state index contributed by atoms with van der Waals surface area (Å²) >= 11 is 0. The fraction of sp³-hybridized carbons (Fsp3) is 0.635. The number of carbonyl (C=O) groups is 3. The second-order valence-electron chi connectivity index (χ2n) is 18.7. The fourth-order valence-corrected chi connectivity index (χ4v) is 8.61. The fourth-order valence-electron chi connectivity index (χ4n) is 8.61. The standard InChI is InChI=1S/C52H79NO19/c1-7-24-68-51(66)53-45-47(62)34(5)70-50(48(45)63)71-38-21-19-17-15-13-11-9-8-10-12-14-16-18-20-31(2)46(61)32(3)33(4)69-43(60)27-36(55)25-35(54)22-23-39(57)40(58)26-37(56)29-52(67-6)30-41(59)44(49(64)65)42(28-38)72-52/h7-21,31-42,44-48,50,54-59,61-63H,1,22-30H2,2-6H3,(H,53,66)(H,64,65)/b9-8+,12-10+,13-11+,16-14+,17-15+,20-18+,21-19+. The largest absolute Gasteiger partial charge is 0.481 e. The predicted molar refractivity (Wildman–Crippen MR) is 262 cm³/mol. The van der Waals surface area contributed by atoms with Gasteiger partial charge < -0.3 is 84.8 Å². The number of alkyl carbamates (subject to hydrolysis) is 1. The van der Waals surface area contributed by atoms with E-state index in [1.54, 1.807) is 86.8 Å². The van der Waals surface area contributed by atoms with Crippen LogP contribution in [0.5, 0.6) is 0 Å². The van der Waals surface area contributed by atoms with Gasteiger partial charge in [0.15, 0.2) is 12.1 Å². The van der Waals surface area contributed by atoms with Crippen molar-refractivity contribution in [2.24, 2.45) is 17.8 Å². The van der Waals surface area contributed by atoms with E-state index in [-0.39, 0.29) is 38.2 Å². The van der Waals surface area contributed by atoms with Gasteiger partial charge in [-0.3, -0.25) is 9.59 Å². The molecule has 72 heavy (non-hydrogen) atoms. The Balaban J connectivity index is 1.94. The molecule has 0 radical (unpaired) electrons. The lowest BCUT2D eigenvalue weighted by molar-refractivity contribution is -0.317. The van der Waals surface area contributed by atoms with Crippen LogP contribution >= 0.6 is 0 Å². The number of hydrogen-bond donors (Lipinski definition) is 11. The van der Waals surface area contributed by atoms with Crippen molar-refractivity contribution in [3.05, 3.63) is 97.7 Å². The van der Waals surface area contributed by atoms with E-state index >= 15 is 0 Å². The smallest absolute Gasteiger partial charge is 0.407 e. The second kappa shape index (κ2) is 31.4. The van der Waals surface area contributed by atoms with E-state index in [4.69, 9.17) is 28.4 Å². The Morgan fingerprint density at radius 1 is 0.722 bits per heavy atom. The number of rotatable bonds is 7. The van der Waals surface area contributed by atoms with Gasteiger partial charge in [-0.1, -0.05) is 112 Å². The number of amides is 1. The Morgan fingerprint density at radius 3 is 1.90 bits per heavy atom. The molecule has 19 unspecified atom stereocenters. The van der Waals surface area contributed by atoms with E-state index in [1.165, 1.54) is 26.2 Å². The average Bonchev–Trinajstić information content (AvgIpc) is 3.31. The highest BCUT2D eigenvalue weighted by atomic mass is 16.7. The Morgan fingerprint density at radius 2 is 1.32 bits per heavy atom. The first kappa shape index (κ1) is 61.9. The number of carboxylic acids is 1. The van der Waals surface area contributed by atoms with Gasteiger partial charge in [0.2, 0.25) is 0 Å². The van der Waals surface area contributed by atoms with E-state index in [0.717, 1.165) is 0 Å². The maximum atomic E-state index is 12.7. The number of carbonyl (C=O) groups excluding carboxylic acids is 2. The third-order valence-corrected chi connectivity index (χ3v) is 12.9. The number of nitrogens with one attached hydrogen (secondary N) is 1. The van der Waals surface area contributed by atoms with Gasteiger partial charge in [0.05, 0.1) is 73.5 Å². The number of allylic oxidation sites excluding steroid dienone is 12. The van der Waals surface area contributed by atoms with E-state index in [0.29, 0.717) is 0 Å². The lowest BCUT2D eigenvalue weighted by Gasteiger charge is -2.47. The molecule has 0 aliphatic carbocycles. The normalized spacial score (nSPS) is 42.0. The summed E-state index contributed by atoms with van der Waals surface area (Å²) in [6.07, 6.45) is 3.78. The highest BCUT2D eigenvalue weighted by molar-refractivity contribution is 5.72. The lowest BCUT2D eigenvalue weighted by atomic mass is 9.82. The maximum Gasteiger partial charge on any atom is 0.407 e. The first-order valence-electron chi connectivity index (χ1n) is 24.4. The highest BCUT2D eigenvalue weighted by Gasteiger charge is 2.52. The number of aliphatic hydroxyl groups is 9. The third-order valence-electron chi connectivity index (χ3n) is 12.9. The van der Waals surface area contributed by atoms with Crippen molar-refractivity contribution >= 4 is 18.0 Å². The molecule has 0 spiro atoms. The molecule has 1 amide bonds. The van der Waals surface area contributed by atoms with E-state index in [1.807, 2.05) is 13.0 Å². The molecule has 0 aromatic rings. The van der Waals surface area contributed by atoms with Gasteiger partial charge >= 0.3 is 18.0 Å². The van der Waals surface area contributed by atoms with Crippen LogP contribution in [0.15, 0.2) is 97.7 Å².